The van der Waals surface area contributed by atoms with Gasteiger partial charge in [-0.1, -0.05) is 12.1 Å². The molecule has 3 amide bonds. The van der Waals surface area contributed by atoms with E-state index in [0.29, 0.717) is 0 Å². The van der Waals surface area contributed by atoms with Crippen LogP contribution in [0, 0.1) is 11.3 Å². The minimum absolute atomic E-state index is 0.0622. The number of carbonyl (C=O) groups is 4. The molecular formula is C23H32N4O7. The maximum absolute atomic E-state index is 13.2. The van der Waals surface area contributed by atoms with E-state index < -0.39 is 48.1 Å². The molecule has 1 rings (SSSR count). The Morgan fingerprint density at radius 1 is 1.24 bits per heavy atom. The molecule has 0 fully saturated rings. The van der Waals surface area contributed by atoms with Gasteiger partial charge in [0.1, 0.15) is 30.0 Å². The minimum atomic E-state index is -1.32. The molecule has 0 radical (unpaired) electrons. The first kappa shape index (κ1) is 28.2. The van der Waals surface area contributed by atoms with Crippen LogP contribution in [0.15, 0.2) is 24.3 Å². The normalized spacial score (nSPS) is 12.5. The number of rotatable bonds is 10. The molecule has 1 aromatic rings. The third-order valence-corrected chi connectivity index (χ3v) is 4.31. The number of esters is 1. The number of carbonyl (C=O) groups excluding carboxylic acids is 4. The molecule has 0 saturated carbocycles. The van der Waals surface area contributed by atoms with Gasteiger partial charge in [-0.05, 0) is 52.3 Å². The van der Waals surface area contributed by atoms with Gasteiger partial charge in [-0.2, -0.15) is 5.26 Å². The van der Waals surface area contributed by atoms with Crippen molar-refractivity contribution in [2.45, 2.75) is 58.7 Å². The van der Waals surface area contributed by atoms with E-state index in [1.54, 1.807) is 27.7 Å². The van der Waals surface area contributed by atoms with Gasteiger partial charge in [-0.25, -0.2) is 4.79 Å². The molecule has 0 spiro atoms. The highest BCUT2D eigenvalue weighted by Gasteiger charge is 2.34. The number of alkyl carbamates (subject to hydrolysis) is 1. The van der Waals surface area contributed by atoms with E-state index in [1.807, 2.05) is 6.07 Å². The van der Waals surface area contributed by atoms with Crippen molar-refractivity contribution in [3.05, 3.63) is 29.8 Å². The molecule has 0 aromatic heterocycles. The second-order valence-electron chi connectivity index (χ2n) is 8.34. The summed E-state index contributed by atoms with van der Waals surface area (Å²) in [5, 5.41) is 24.2. The molecule has 3 N–H and O–H groups in total. The Morgan fingerprint density at radius 2 is 1.91 bits per heavy atom. The summed E-state index contributed by atoms with van der Waals surface area (Å²) in [5.74, 6) is -2.05. The fraction of sp³-hybridized carbons (Fsp3) is 0.522. The fourth-order valence-electron chi connectivity index (χ4n) is 2.95. The Hall–Kier alpha value is -3.81. The van der Waals surface area contributed by atoms with E-state index in [4.69, 9.17) is 9.47 Å². The molecular weight excluding hydrogens is 444 g/mol. The first-order valence-electron chi connectivity index (χ1n) is 10.8. The average Bonchev–Trinajstić information content (AvgIpc) is 2.71. The predicted molar refractivity (Wildman–Crippen MR) is 121 cm³/mol. The fourth-order valence-corrected chi connectivity index (χ4v) is 2.95. The lowest BCUT2D eigenvalue weighted by Crippen LogP contribution is -2.52. The zero-order valence-corrected chi connectivity index (χ0v) is 20.1. The summed E-state index contributed by atoms with van der Waals surface area (Å²) < 4.78 is 9.99. The highest BCUT2D eigenvalue weighted by Crippen LogP contribution is 2.25. The smallest absolute Gasteiger partial charge is 0.408 e. The number of nitrogens with one attached hydrogen (secondary N) is 2. The Labute approximate surface area is 199 Å². The van der Waals surface area contributed by atoms with Gasteiger partial charge in [0.05, 0.1) is 19.1 Å². The summed E-state index contributed by atoms with van der Waals surface area (Å²) >= 11 is 0. The van der Waals surface area contributed by atoms with Crippen molar-refractivity contribution >= 4 is 23.9 Å². The molecule has 11 heteroatoms. The summed E-state index contributed by atoms with van der Waals surface area (Å²) in [6.45, 7) is 7.71. The number of benzene rings is 1. The third kappa shape index (κ3) is 9.36. The summed E-state index contributed by atoms with van der Waals surface area (Å²) in [6, 6.07) is 5.09. The van der Waals surface area contributed by atoms with Gasteiger partial charge in [0.2, 0.25) is 11.8 Å². The Bertz CT molecular complexity index is 921. The van der Waals surface area contributed by atoms with Gasteiger partial charge in [-0.15, -0.1) is 0 Å². The SMILES string of the molecule is CCOC(=O)CCNC(=O)C(c1cccc(O)c1)N(CC#N)C(=O)C(C)NC(=O)OC(C)(C)C. The number of ether oxygens (including phenoxy) is 2. The zero-order valence-electron chi connectivity index (χ0n) is 20.1. The van der Waals surface area contributed by atoms with Gasteiger partial charge in [0.15, 0.2) is 0 Å². The van der Waals surface area contributed by atoms with E-state index in [9.17, 15) is 29.5 Å². The van der Waals surface area contributed by atoms with Crippen LogP contribution in [0.4, 0.5) is 4.79 Å². The van der Waals surface area contributed by atoms with Crippen molar-refractivity contribution in [2.75, 3.05) is 19.7 Å². The second kappa shape index (κ2) is 13.0. The van der Waals surface area contributed by atoms with Crippen LogP contribution in [0.2, 0.25) is 0 Å². The molecule has 0 bridgehead atoms. The van der Waals surface area contributed by atoms with Crippen LogP contribution in [-0.2, 0) is 23.9 Å². The topological polar surface area (TPSA) is 158 Å². The van der Waals surface area contributed by atoms with E-state index in [1.165, 1.54) is 31.2 Å². The van der Waals surface area contributed by atoms with Crippen LogP contribution in [-0.4, -0.2) is 65.2 Å². The van der Waals surface area contributed by atoms with Crippen LogP contribution in [0.3, 0.4) is 0 Å². The summed E-state index contributed by atoms with van der Waals surface area (Å²) in [7, 11) is 0. The van der Waals surface area contributed by atoms with Gasteiger partial charge >= 0.3 is 12.1 Å². The van der Waals surface area contributed by atoms with Crippen molar-refractivity contribution in [3.8, 4) is 11.8 Å². The molecule has 0 saturated heterocycles. The molecule has 0 heterocycles. The highest BCUT2D eigenvalue weighted by atomic mass is 16.6. The third-order valence-electron chi connectivity index (χ3n) is 4.31. The first-order chi connectivity index (χ1) is 15.9. The van der Waals surface area contributed by atoms with Crippen molar-refractivity contribution < 1.29 is 33.8 Å². The molecule has 2 atom stereocenters. The lowest BCUT2D eigenvalue weighted by Gasteiger charge is -2.32. The number of aromatic hydroxyl groups is 1. The van der Waals surface area contributed by atoms with Crippen molar-refractivity contribution in [1.82, 2.24) is 15.5 Å². The van der Waals surface area contributed by atoms with Gasteiger partial charge in [-0.3, -0.25) is 14.4 Å². The lowest BCUT2D eigenvalue weighted by atomic mass is 10.0. The zero-order chi connectivity index (χ0) is 25.9. The van der Waals surface area contributed by atoms with Crippen LogP contribution < -0.4 is 10.6 Å². The molecule has 11 nitrogen and oxygen atoms in total. The number of hydrogen-bond acceptors (Lipinski definition) is 8. The Morgan fingerprint density at radius 3 is 2.47 bits per heavy atom. The summed E-state index contributed by atoms with van der Waals surface area (Å²) in [5.41, 5.74) is -0.552. The number of phenolic OH excluding ortho intramolecular Hbond substituents is 1. The maximum Gasteiger partial charge on any atom is 0.408 e. The Balaban J connectivity index is 3.17. The summed E-state index contributed by atoms with van der Waals surface area (Å²) in [4.78, 5) is 50.9. The molecule has 186 valence electrons. The molecule has 0 aliphatic heterocycles. The predicted octanol–water partition coefficient (Wildman–Crippen LogP) is 1.77. The number of nitrogens with zero attached hydrogens (tertiary/aromatic N) is 2. The van der Waals surface area contributed by atoms with Crippen LogP contribution >= 0.6 is 0 Å². The average molecular weight is 477 g/mol. The number of amides is 3. The van der Waals surface area contributed by atoms with Gasteiger partial charge in [0, 0.05) is 6.54 Å². The summed E-state index contributed by atoms with van der Waals surface area (Å²) in [6.07, 6.45) is -0.923. The second-order valence-corrected chi connectivity index (χ2v) is 8.34. The number of nitriles is 1. The molecule has 34 heavy (non-hydrogen) atoms. The molecule has 2 unspecified atom stereocenters. The van der Waals surface area contributed by atoms with Crippen LogP contribution in [0.5, 0.6) is 5.75 Å². The highest BCUT2D eigenvalue weighted by molar-refractivity contribution is 5.92. The minimum Gasteiger partial charge on any atom is -0.508 e. The van der Waals surface area contributed by atoms with Crippen LogP contribution in [0.25, 0.3) is 0 Å². The van der Waals surface area contributed by atoms with Crippen molar-refractivity contribution in [3.63, 3.8) is 0 Å². The largest absolute Gasteiger partial charge is 0.508 e. The standard InChI is InChI=1S/C23H32N4O7/c1-6-33-18(29)10-12-25-20(30)19(16-8-7-9-17(28)14-16)27(13-11-24)21(31)15(2)26-22(32)34-23(3,4)5/h7-9,14-15,19,28H,6,10,12-13H2,1-5H3,(H,25,30)(H,26,32). The van der Waals surface area contributed by atoms with E-state index in [2.05, 4.69) is 10.6 Å². The monoisotopic (exact) mass is 476 g/mol. The first-order valence-corrected chi connectivity index (χ1v) is 10.8. The maximum atomic E-state index is 13.2. The number of phenols is 1. The number of hydrogen-bond donors (Lipinski definition) is 3. The van der Waals surface area contributed by atoms with Gasteiger partial charge in [0.25, 0.3) is 0 Å². The van der Waals surface area contributed by atoms with E-state index in [-0.39, 0.29) is 30.9 Å². The van der Waals surface area contributed by atoms with Crippen molar-refractivity contribution in [1.29, 1.82) is 5.26 Å². The Kier molecular flexibility index (Phi) is 10.8. The van der Waals surface area contributed by atoms with Gasteiger partial charge < -0.3 is 30.1 Å². The van der Waals surface area contributed by atoms with E-state index in [0.717, 1.165) is 4.90 Å². The van der Waals surface area contributed by atoms with Crippen molar-refractivity contribution in [2.24, 2.45) is 0 Å². The molecule has 0 aliphatic carbocycles. The van der Waals surface area contributed by atoms with Crippen LogP contribution in [0.1, 0.15) is 52.6 Å². The quantitative estimate of drug-likeness (QED) is 0.340. The van der Waals surface area contributed by atoms with E-state index >= 15 is 0 Å². The molecule has 0 aliphatic rings. The molecule has 1 aromatic carbocycles. The lowest BCUT2D eigenvalue weighted by molar-refractivity contribution is -0.144.